The molecule has 0 aromatic heterocycles. The lowest BCUT2D eigenvalue weighted by molar-refractivity contribution is 0.0954. The number of benzene rings is 2. The van der Waals surface area contributed by atoms with Gasteiger partial charge in [0.25, 0.3) is 5.91 Å². The smallest absolute Gasteiger partial charge is 0.251 e. The number of nitrogens with one attached hydrogen (secondary N) is 1. The van der Waals surface area contributed by atoms with Gasteiger partial charge in [0.05, 0.1) is 6.61 Å². The van der Waals surface area contributed by atoms with E-state index in [9.17, 15) is 4.79 Å². The van der Waals surface area contributed by atoms with Crippen LogP contribution in [-0.4, -0.2) is 37.0 Å². The average Bonchev–Trinajstić information content (AvgIpc) is 3.29. The van der Waals surface area contributed by atoms with Gasteiger partial charge in [-0.15, -0.1) is 0 Å². The zero-order valence-electron chi connectivity index (χ0n) is 17.8. The summed E-state index contributed by atoms with van der Waals surface area (Å²) in [6.45, 7) is 8.20. The van der Waals surface area contributed by atoms with Crippen LogP contribution >= 0.6 is 0 Å². The molecule has 1 N–H and O–H groups in total. The highest BCUT2D eigenvalue weighted by Gasteiger charge is 2.19. The van der Waals surface area contributed by atoms with E-state index in [1.807, 2.05) is 24.3 Å². The molecule has 1 amide bonds. The molecule has 0 spiro atoms. The first-order chi connectivity index (χ1) is 14.2. The highest BCUT2D eigenvalue weighted by atomic mass is 16.5. The summed E-state index contributed by atoms with van der Waals surface area (Å²) in [5.74, 6) is 0.780. The van der Waals surface area contributed by atoms with Crippen LogP contribution in [-0.2, 0) is 6.42 Å². The van der Waals surface area contributed by atoms with Crippen molar-refractivity contribution < 1.29 is 9.53 Å². The monoisotopic (exact) mass is 394 g/mol. The summed E-state index contributed by atoms with van der Waals surface area (Å²) in [6.07, 6.45) is 5.62. The van der Waals surface area contributed by atoms with Crippen molar-refractivity contribution in [2.45, 2.75) is 52.0 Å². The molecule has 1 heterocycles. The summed E-state index contributed by atoms with van der Waals surface area (Å²) in [7, 11) is 0. The number of carbonyl (C=O) groups is 1. The summed E-state index contributed by atoms with van der Waals surface area (Å²) in [5, 5.41) is 3.01. The minimum atomic E-state index is -0.0376. The van der Waals surface area contributed by atoms with Gasteiger partial charge in [0, 0.05) is 18.2 Å². The lowest BCUT2D eigenvalue weighted by atomic mass is 10.0. The highest BCUT2D eigenvalue weighted by molar-refractivity contribution is 5.94. The normalized spacial score (nSPS) is 15.2. The molecule has 0 radical (unpaired) electrons. The van der Waals surface area contributed by atoms with Gasteiger partial charge in [-0.25, -0.2) is 0 Å². The van der Waals surface area contributed by atoms with Crippen molar-refractivity contribution in [2.24, 2.45) is 0 Å². The van der Waals surface area contributed by atoms with Crippen molar-refractivity contribution in [3.8, 4) is 5.75 Å². The van der Waals surface area contributed by atoms with E-state index in [0.29, 0.717) is 18.2 Å². The Labute approximate surface area is 175 Å². The van der Waals surface area contributed by atoms with Gasteiger partial charge in [-0.1, -0.05) is 37.6 Å². The van der Waals surface area contributed by atoms with Crippen LogP contribution < -0.4 is 10.1 Å². The van der Waals surface area contributed by atoms with Gasteiger partial charge >= 0.3 is 0 Å². The van der Waals surface area contributed by atoms with Crippen molar-refractivity contribution in [1.82, 2.24) is 10.2 Å². The quantitative estimate of drug-likeness (QED) is 0.577. The third kappa shape index (κ3) is 6.33. The Balaban J connectivity index is 1.42. The van der Waals surface area contributed by atoms with Gasteiger partial charge in [0.15, 0.2) is 0 Å². The molecular formula is C25H34N2O2. The SMILES string of the molecule is CCCCOc1ccc(C(=O)NCCc2ccc(C(C)N3CCCC3)cc2)cc1. The van der Waals surface area contributed by atoms with Crippen molar-refractivity contribution in [3.05, 3.63) is 65.2 Å². The first-order valence-electron chi connectivity index (χ1n) is 11.0. The van der Waals surface area contributed by atoms with Crippen LogP contribution in [0.25, 0.3) is 0 Å². The van der Waals surface area contributed by atoms with Gasteiger partial charge in [-0.3, -0.25) is 9.69 Å². The van der Waals surface area contributed by atoms with E-state index in [1.54, 1.807) is 0 Å². The van der Waals surface area contributed by atoms with Crippen LogP contribution in [0.15, 0.2) is 48.5 Å². The summed E-state index contributed by atoms with van der Waals surface area (Å²) in [6, 6.07) is 16.7. The molecule has 0 aliphatic carbocycles. The zero-order chi connectivity index (χ0) is 20.5. The Kier molecular flexibility index (Phi) is 8.12. The van der Waals surface area contributed by atoms with E-state index < -0.39 is 0 Å². The summed E-state index contributed by atoms with van der Waals surface area (Å²) >= 11 is 0. The highest BCUT2D eigenvalue weighted by Crippen LogP contribution is 2.24. The fourth-order valence-corrected chi connectivity index (χ4v) is 3.76. The number of hydrogen-bond donors (Lipinski definition) is 1. The summed E-state index contributed by atoms with van der Waals surface area (Å²) < 4.78 is 5.64. The molecular weight excluding hydrogens is 360 g/mol. The van der Waals surface area contributed by atoms with Gasteiger partial charge in [0.1, 0.15) is 5.75 Å². The number of amides is 1. The molecule has 29 heavy (non-hydrogen) atoms. The second-order valence-electron chi connectivity index (χ2n) is 7.89. The standard InChI is InChI=1S/C25H34N2O2/c1-3-4-19-29-24-13-11-23(12-14-24)25(28)26-16-15-21-7-9-22(10-8-21)20(2)27-17-5-6-18-27/h7-14,20H,3-6,15-19H2,1-2H3,(H,26,28). The predicted molar refractivity (Wildman–Crippen MR) is 119 cm³/mol. The molecule has 1 aliphatic rings. The van der Waals surface area contributed by atoms with Gasteiger partial charge in [-0.05, 0) is 81.1 Å². The van der Waals surface area contributed by atoms with Crippen molar-refractivity contribution in [3.63, 3.8) is 0 Å². The number of rotatable bonds is 10. The van der Waals surface area contributed by atoms with Crippen molar-refractivity contribution in [2.75, 3.05) is 26.2 Å². The first-order valence-corrected chi connectivity index (χ1v) is 11.0. The van der Waals surface area contributed by atoms with E-state index in [1.165, 1.54) is 37.1 Å². The molecule has 1 unspecified atom stereocenters. The van der Waals surface area contributed by atoms with Gasteiger partial charge in [0.2, 0.25) is 0 Å². The Morgan fingerprint density at radius 2 is 1.76 bits per heavy atom. The van der Waals surface area contributed by atoms with Crippen LogP contribution in [0.5, 0.6) is 5.75 Å². The van der Waals surface area contributed by atoms with Crippen LogP contribution in [0.2, 0.25) is 0 Å². The van der Waals surface area contributed by atoms with Crippen LogP contribution in [0.1, 0.15) is 67.1 Å². The molecule has 0 bridgehead atoms. The lowest BCUT2D eigenvalue weighted by Crippen LogP contribution is -2.25. The third-order valence-electron chi connectivity index (χ3n) is 5.73. The van der Waals surface area contributed by atoms with Gasteiger partial charge < -0.3 is 10.1 Å². The molecule has 3 rings (SSSR count). The number of nitrogens with zero attached hydrogens (tertiary/aromatic N) is 1. The Bertz CT molecular complexity index is 749. The molecule has 1 fully saturated rings. The number of unbranched alkanes of at least 4 members (excludes halogenated alkanes) is 1. The molecule has 4 heteroatoms. The first kappa shape index (κ1) is 21.4. The molecule has 4 nitrogen and oxygen atoms in total. The zero-order valence-corrected chi connectivity index (χ0v) is 17.8. The Hall–Kier alpha value is -2.33. The van der Waals surface area contributed by atoms with Crippen LogP contribution in [0.3, 0.4) is 0 Å². The number of hydrogen-bond acceptors (Lipinski definition) is 3. The molecule has 2 aromatic rings. The molecule has 156 valence electrons. The minimum absolute atomic E-state index is 0.0376. The maximum Gasteiger partial charge on any atom is 0.251 e. The summed E-state index contributed by atoms with van der Waals surface area (Å²) in [4.78, 5) is 14.9. The second kappa shape index (κ2) is 11.0. The number of carbonyl (C=O) groups excluding carboxylic acids is 1. The molecule has 0 saturated carbocycles. The van der Waals surface area contributed by atoms with Crippen LogP contribution in [0.4, 0.5) is 0 Å². The van der Waals surface area contributed by atoms with E-state index in [4.69, 9.17) is 4.74 Å². The topological polar surface area (TPSA) is 41.6 Å². The van der Waals surface area contributed by atoms with E-state index in [2.05, 4.69) is 48.3 Å². The molecule has 1 aliphatic heterocycles. The van der Waals surface area contributed by atoms with Crippen molar-refractivity contribution in [1.29, 1.82) is 0 Å². The van der Waals surface area contributed by atoms with Crippen LogP contribution in [0, 0.1) is 0 Å². The third-order valence-corrected chi connectivity index (χ3v) is 5.73. The molecule has 1 saturated heterocycles. The Morgan fingerprint density at radius 1 is 1.07 bits per heavy atom. The van der Waals surface area contributed by atoms with Crippen molar-refractivity contribution >= 4 is 5.91 Å². The van der Waals surface area contributed by atoms with E-state index in [-0.39, 0.29) is 5.91 Å². The summed E-state index contributed by atoms with van der Waals surface area (Å²) in [5.41, 5.74) is 3.30. The Morgan fingerprint density at radius 3 is 2.41 bits per heavy atom. The van der Waals surface area contributed by atoms with Gasteiger partial charge in [-0.2, -0.15) is 0 Å². The average molecular weight is 395 g/mol. The van der Waals surface area contributed by atoms with E-state index in [0.717, 1.165) is 31.6 Å². The maximum absolute atomic E-state index is 12.3. The number of ether oxygens (including phenoxy) is 1. The number of likely N-dealkylation sites (tertiary alicyclic amines) is 1. The molecule has 2 aromatic carbocycles. The second-order valence-corrected chi connectivity index (χ2v) is 7.89. The fourth-order valence-electron chi connectivity index (χ4n) is 3.76. The van der Waals surface area contributed by atoms with E-state index >= 15 is 0 Å². The lowest BCUT2D eigenvalue weighted by Gasteiger charge is -2.24. The largest absolute Gasteiger partial charge is 0.494 e. The maximum atomic E-state index is 12.3. The predicted octanol–water partition coefficient (Wildman–Crippen LogP) is 4.99. The fraction of sp³-hybridized carbons (Fsp3) is 0.480. The minimum Gasteiger partial charge on any atom is -0.494 e. The molecule has 1 atom stereocenters.